The van der Waals surface area contributed by atoms with Crippen molar-refractivity contribution in [3.63, 3.8) is 0 Å². The topological polar surface area (TPSA) is 41.1 Å². The molecule has 3 aliphatic rings. The standard InChI is InChI=1S/C26H29N3.C26H31N3.C2H6/c1-24(2,3)22-13-16-9-7-8-10-17(16)23-27-20-14-18-19(15-21(20)29(22)23)26(5)12-11-25(18,4)28(26)6;1-24(2,3)22-13-16-11-9-10-12-17(16)23-27-20-14-18-19(15-21(20)29(22)23)26(6,7)28(8)25(18,4)5;1-2/h7-10,13-15H,11-12H2,1-6H3;9-15H,1-8H3;1-2H3. The molecule has 2 atom stereocenters. The monoisotopic (exact) mass is 799 g/mol. The Morgan fingerprint density at radius 1 is 0.483 bits per heavy atom. The molecule has 312 valence electrons. The summed E-state index contributed by atoms with van der Waals surface area (Å²) in [4.78, 5) is 15.5. The fourth-order valence-corrected chi connectivity index (χ4v) is 11.2. The van der Waals surface area contributed by atoms with Gasteiger partial charge in [-0.05, 0) is 138 Å². The van der Waals surface area contributed by atoms with Gasteiger partial charge in [-0.2, -0.15) is 0 Å². The van der Waals surface area contributed by atoms with Gasteiger partial charge in [0.25, 0.3) is 0 Å². The van der Waals surface area contributed by atoms with Gasteiger partial charge in [-0.15, -0.1) is 0 Å². The first-order valence-electron chi connectivity index (χ1n) is 22.4. The summed E-state index contributed by atoms with van der Waals surface area (Å²) < 4.78 is 4.83. The lowest BCUT2D eigenvalue weighted by atomic mass is 9.78. The number of hydrogen-bond acceptors (Lipinski definition) is 4. The molecule has 6 heteroatoms. The maximum absolute atomic E-state index is 5.20. The molecule has 0 radical (unpaired) electrons. The highest BCUT2D eigenvalue weighted by molar-refractivity contribution is 6.00. The van der Waals surface area contributed by atoms with Crippen molar-refractivity contribution in [2.24, 2.45) is 0 Å². The van der Waals surface area contributed by atoms with Crippen LogP contribution in [0.25, 0.3) is 54.9 Å². The van der Waals surface area contributed by atoms with Crippen LogP contribution in [0.3, 0.4) is 0 Å². The van der Waals surface area contributed by atoms with E-state index >= 15 is 0 Å². The lowest BCUT2D eigenvalue weighted by Crippen LogP contribution is -2.42. The second kappa shape index (κ2) is 12.9. The van der Waals surface area contributed by atoms with E-state index in [1.807, 2.05) is 13.8 Å². The zero-order valence-electron chi connectivity index (χ0n) is 39.2. The van der Waals surface area contributed by atoms with E-state index in [1.54, 1.807) is 0 Å². The van der Waals surface area contributed by atoms with Crippen LogP contribution < -0.4 is 0 Å². The smallest absolute Gasteiger partial charge is 0.146 e. The van der Waals surface area contributed by atoms with Crippen molar-refractivity contribution >= 4 is 54.9 Å². The van der Waals surface area contributed by atoms with Gasteiger partial charge < -0.3 is 0 Å². The molecule has 60 heavy (non-hydrogen) atoms. The zero-order chi connectivity index (χ0) is 43.3. The molecule has 0 spiro atoms. The Hall–Kier alpha value is -4.78. The van der Waals surface area contributed by atoms with Crippen molar-refractivity contribution in [2.75, 3.05) is 14.1 Å². The molecular weight excluding hydrogens is 733 g/mol. The van der Waals surface area contributed by atoms with E-state index in [9.17, 15) is 0 Å². The van der Waals surface area contributed by atoms with E-state index in [4.69, 9.17) is 9.97 Å². The van der Waals surface area contributed by atoms with Crippen molar-refractivity contribution in [1.82, 2.24) is 28.6 Å². The van der Waals surface area contributed by atoms with Crippen molar-refractivity contribution in [2.45, 2.75) is 143 Å². The quantitative estimate of drug-likeness (QED) is 0.153. The Kier molecular flexibility index (Phi) is 8.71. The van der Waals surface area contributed by atoms with Gasteiger partial charge in [0.05, 0.1) is 22.1 Å². The first-order valence-corrected chi connectivity index (χ1v) is 22.4. The van der Waals surface area contributed by atoms with E-state index < -0.39 is 0 Å². The van der Waals surface area contributed by atoms with Crippen LogP contribution in [0.1, 0.15) is 143 Å². The molecule has 0 N–H and O–H groups in total. The number of fused-ring (bicyclic) bond motifs is 16. The molecule has 0 saturated carbocycles. The van der Waals surface area contributed by atoms with Crippen molar-refractivity contribution in [3.05, 3.63) is 119 Å². The average molecular weight is 799 g/mol. The van der Waals surface area contributed by atoms with Crippen molar-refractivity contribution in [3.8, 4) is 0 Å². The van der Waals surface area contributed by atoms with E-state index in [-0.39, 0.29) is 33.0 Å². The van der Waals surface area contributed by atoms with Crippen LogP contribution in [0, 0.1) is 0 Å². The van der Waals surface area contributed by atoms with Crippen LogP contribution in [0.2, 0.25) is 0 Å². The van der Waals surface area contributed by atoms with Crippen LogP contribution in [0.5, 0.6) is 0 Å². The fourth-order valence-electron chi connectivity index (χ4n) is 11.2. The molecule has 2 bridgehead atoms. The van der Waals surface area contributed by atoms with Gasteiger partial charge in [0.2, 0.25) is 0 Å². The summed E-state index contributed by atoms with van der Waals surface area (Å²) in [5.74, 6) is 0. The SMILES string of the molecule is CC.CN1C(C)(C)c2cc3nc4c5ccccc5cc(C(C)(C)C)n4c3cc2C1(C)C.CN1C2(C)CCC1(C)c1cc3c(cc12)nc1c2ccccc2cc(C(C)(C)C)n31. The second-order valence-electron chi connectivity index (χ2n) is 21.3. The Labute approximate surface area is 357 Å². The molecule has 2 unspecified atom stereocenters. The van der Waals surface area contributed by atoms with Gasteiger partial charge in [-0.1, -0.05) is 104 Å². The number of hydrogen-bond donors (Lipinski definition) is 0. The Morgan fingerprint density at radius 2 is 0.850 bits per heavy atom. The van der Waals surface area contributed by atoms with Gasteiger partial charge in [-0.25, -0.2) is 9.97 Å². The molecule has 4 aromatic heterocycles. The number of aromatic nitrogens is 4. The number of pyridine rings is 2. The molecule has 0 aliphatic carbocycles. The first kappa shape index (κ1) is 40.6. The summed E-state index contributed by atoms with van der Waals surface area (Å²) in [5.41, 5.74) is 15.5. The maximum atomic E-state index is 5.20. The predicted molar refractivity (Wildman–Crippen MR) is 255 cm³/mol. The highest BCUT2D eigenvalue weighted by Crippen LogP contribution is 2.60. The molecule has 7 heterocycles. The summed E-state index contributed by atoms with van der Waals surface area (Å²) in [6.07, 6.45) is 2.45. The van der Waals surface area contributed by atoms with Gasteiger partial charge >= 0.3 is 0 Å². The Balaban J connectivity index is 0.000000148. The minimum Gasteiger partial charge on any atom is -0.296 e. The third-order valence-electron chi connectivity index (χ3n) is 15.3. The van der Waals surface area contributed by atoms with Crippen LogP contribution in [0.15, 0.2) is 84.9 Å². The Morgan fingerprint density at radius 3 is 1.28 bits per heavy atom. The molecule has 4 aromatic carbocycles. The summed E-state index contributed by atoms with van der Waals surface area (Å²) in [6, 6.07) is 31.6. The largest absolute Gasteiger partial charge is 0.296 e. The lowest BCUT2D eigenvalue weighted by Gasteiger charge is -2.37. The summed E-state index contributed by atoms with van der Waals surface area (Å²) >= 11 is 0. The molecule has 8 aromatic rings. The lowest BCUT2D eigenvalue weighted by molar-refractivity contribution is 0.0730. The number of benzene rings is 4. The van der Waals surface area contributed by atoms with Crippen LogP contribution in [0.4, 0.5) is 0 Å². The van der Waals surface area contributed by atoms with Gasteiger partial charge in [0.15, 0.2) is 0 Å². The summed E-state index contributed by atoms with van der Waals surface area (Å²) in [6.45, 7) is 31.9. The van der Waals surface area contributed by atoms with Gasteiger partial charge in [0.1, 0.15) is 11.3 Å². The fraction of sp³-hybridized carbons (Fsp3) is 0.444. The van der Waals surface area contributed by atoms with E-state index in [0.717, 1.165) is 22.3 Å². The molecule has 0 amide bonds. The zero-order valence-corrected chi connectivity index (χ0v) is 39.2. The highest BCUT2D eigenvalue weighted by Gasteiger charge is 2.57. The first-order chi connectivity index (χ1) is 28.1. The number of imidazole rings is 2. The van der Waals surface area contributed by atoms with Crippen LogP contribution >= 0.6 is 0 Å². The minimum atomic E-state index is -0.0179. The summed E-state index contributed by atoms with van der Waals surface area (Å²) in [7, 11) is 4.53. The maximum Gasteiger partial charge on any atom is 0.146 e. The van der Waals surface area contributed by atoms with E-state index in [0.29, 0.717) is 0 Å². The number of rotatable bonds is 0. The third kappa shape index (κ3) is 5.38. The number of nitrogens with zero attached hydrogens (tertiary/aromatic N) is 6. The second-order valence-corrected chi connectivity index (χ2v) is 21.3. The Bertz CT molecular complexity index is 2890. The van der Waals surface area contributed by atoms with E-state index in [2.05, 4.69) is 201 Å². The predicted octanol–water partition coefficient (Wildman–Crippen LogP) is 13.5. The molecule has 1 fully saturated rings. The third-order valence-corrected chi connectivity index (χ3v) is 15.3. The van der Waals surface area contributed by atoms with Crippen molar-refractivity contribution in [1.29, 1.82) is 0 Å². The minimum absolute atomic E-state index is 0.0144. The normalized spacial score (nSPS) is 22.1. The van der Waals surface area contributed by atoms with Crippen LogP contribution in [-0.4, -0.2) is 42.7 Å². The van der Waals surface area contributed by atoms with E-state index in [1.165, 1.54) is 79.1 Å². The molecule has 3 aliphatic heterocycles. The molecule has 6 nitrogen and oxygen atoms in total. The molecule has 1 saturated heterocycles. The van der Waals surface area contributed by atoms with Crippen LogP contribution in [-0.2, 0) is 33.0 Å². The highest BCUT2D eigenvalue weighted by atomic mass is 15.3. The van der Waals surface area contributed by atoms with Gasteiger partial charge in [-0.3, -0.25) is 18.6 Å². The molecule has 11 rings (SSSR count). The molecular formula is C54H66N6. The van der Waals surface area contributed by atoms with Crippen molar-refractivity contribution < 1.29 is 0 Å². The van der Waals surface area contributed by atoms with Gasteiger partial charge in [0, 0.05) is 55.1 Å². The summed E-state index contributed by atoms with van der Waals surface area (Å²) in [5, 5.41) is 4.97. The average Bonchev–Trinajstić information content (AvgIpc) is 3.91.